The summed E-state index contributed by atoms with van der Waals surface area (Å²) in [5.41, 5.74) is 7.43. The number of rotatable bonds is 20. The molecule has 1 aromatic carbocycles. The quantitative estimate of drug-likeness (QED) is 0.0651. The van der Waals surface area contributed by atoms with Gasteiger partial charge in [0, 0.05) is 24.5 Å². The van der Waals surface area contributed by atoms with Gasteiger partial charge in [0.05, 0.1) is 24.3 Å². The van der Waals surface area contributed by atoms with Crippen LogP contribution in [0, 0.1) is 0 Å². The van der Waals surface area contributed by atoms with Gasteiger partial charge in [-0.25, -0.2) is 4.98 Å². The van der Waals surface area contributed by atoms with E-state index in [2.05, 4.69) is 46.9 Å². The number of hydrogen-bond donors (Lipinski definition) is 8. The Morgan fingerprint density at radius 3 is 2.64 bits per heavy atom. The number of nitrogens with two attached hydrogens (primary N) is 1. The molecule has 0 bridgehead atoms. The maximum atomic E-state index is 12.0. The largest absolute Gasteiger partial charge is 0.369 e. The average Bonchev–Trinajstić information content (AvgIpc) is 3.49. The third-order valence-corrected chi connectivity index (χ3v) is 8.28. The van der Waals surface area contributed by atoms with Crippen LogP contribution in [0.25, 0.3) is 10.9 Å². The van der Waals surface area contributed by atoms with E-state index >= 15 is 0 Å². The predicted octanol–water partition coefficient (Wildman–Crippen LogP) is 1.90. The summed E-state index contributed by atoms with van der Waals surface area (Å²) in [5.74, 6) is 0.490. The van der Waals surface area contributed by atoms with Crippen LogP contribution < -0.4 is 32.3 Å². The van der Waals surface area contributed by atoms with Gasteiger partial charge in [-0.3, -0.25) is 14.0 Å². The van der Waals surface area contributed by atoms with Crippen LogP contribution >= 0.6 is 7.60 Å². The highest BCUT2D eigenvalue weighted by Gasteiger charge is 2.18. The monoisotopic (exact) mass is 645 g/mol. The van der Waals surface area contributed by atoms with E-state index in [0.29, 0.717) is 37.7 Å². The number of nitrogens with zero attached hydrogens (tertiary/aromatic N) is 5. The molecule has 1 aliphatic rings. The van der Waals surface area contributed by atoms with Gasteiger partial charge in [-0.05, 0) is 70.3 Å². The smallest absolute Gasteiger partial charge is 0.344 e. The lowest BCUT2D eigenvalue weighted by Gasteiger charge is -2.22. The van der Waals surface area contributed by atoms with E-state index in [-0.39, 0.29) is 0 Å². The van der Waals surface area contributed by atoms with Crippen molar-refractivity contribution in [2.75, 3.05) is 43.1 Å². The number of fused-ring (bicyclic) bond motifs is 1. The lowest BCUT2D eigenvalue weighted by atomic mass is 9.95. The number of benzene rings is 1. The van der Waals surface area contributed by atoms with Crippen LogP contribution in [0.1, 0.15) is 63.5 Å². The third kappa shape index (κ3) is 12.6. The molecular formula is C29H48N11O4P. The maximum Gasteiger partial charge on any atom is 0.344 e. The standard InChI is InChI=1S/C29H48N11O4P/c30-25(28(41)35-21-45(42,43)44)12-6-16-33-27-24-11-4-5-13-26(24)36-29(37-27)34-19-23-20-40(39-38-23)18-8-15-31-14-7-17-32-22-9-2-1-3-10-22/h4-5,11,13,20,22,25,31-32H,1-3,6-10,12,14-19,21,30H2,(H,35,41)(H2,42,43,44)(H2,33,34,36,37)/t25-/m0/s1. The average molecular weight is 646 g/mol. The molecule has 1 amide bonds. The molecule has 4 rings (SSSR count). The second-order valence-electron chi connectivity index (χ2n) is 11.5. The van der Waals surface area contributed by atoms with Crippen LogP contribution in [0.15, 0.2) is 30.5 Å². The molecule has 9 N–H and O–H groups in total. The molecule has 15 nitrogen and oxygen atoms in total. The summed E-state index contributed by atoms with van der Waals surface area (Å²) in [5, 5.41) is 25.3. The summed E-state index contributed by atoms with van der Waals surface area (Å²) < 4.78 is 12.8. The Morgan fingerprint density at radius 1 is 1.02 bits per heavy atom. The fraction of sp³-hybridized carbons (Fsp3) is 0.621. The number of carbonyl (C=O) groups excluding carboxylic acids is 1. The van der Waals surface area contributed by atoms with Crippen molar-refractivity contribution in [3.63, 3.8) is 0 Å². The lowest BCUT2D eigenvalue weighted by molar-refractivity contribution is -0.122. The molecule has 1 atom stereocenters. The van der Waals surface area contributed by atoms with Gasteiger partial charge in [-0.1, -0.05) is 36.6 Å². The highest BCUT2D eigenvalue weighted by Crippen LogP contribution is 2.32. The fourth-order valence-electron chi connectivity index (χ4n) is 5.28. The van der Waals surface area contributed by atoms with Crippen LogP contribution in [0.5, 0.6) is 0 Å². The van der Waals surface area contributed by atoms with Gasteiger partial charge >= 0.3 is 7.60 Å². The summed E-state index contributed by atoms with van der Waals surface area (Å²) in [6, 6.07) is 7.50. The summed E-state index contributed by atoms with van der Waals surface area (Å²) in [6.07, 6.45) is 11.0. The second kappa shape index (κ2) is 18.1. The van der Waals surface area contributed by atoms with Crippen molar-refractivity contribution in [3.8, 4) is 0 Å². The van der Waals surface area contributed by atoms with E-state index in [1.165, 1.54) is 32.1 Å². The number of para-hydroxylation sites is 1. The predicted molar refractivity (Wildman–Crippen MR) is 175 cm³/mol. The Balaban J connectivity index is 1.16. The zero-order valence-electron chi connectivity index (χ0n) is 25.8. The minimum atomic E-state index is -4.33. The molecule has 2 heterocycles. The summed E-state index contributed by atoms with van der Waals surface area (Å²) in [6.45, 7) is 4.73. The van der Waals surface area contributed by atoms with Gasteiger partial charge in [-0.15, -0.1) is 5.10 Å². The van der Waals surface area contributed by atoms with Crippen LogP contribution in [0.3, 0.4) is 0 Å². The molecule has 0 radical (unpaired) electrons. The highest BCUT2D eigenvalue weighted by atomic mass is 31.2. The zero-order valence-corrected chi connectivity index (χ0v) is 26.7. The third-order valence-electron chi connectivity index (χ3n) is 7.71. The normalized spacial score (nSPS) is 14.8. The molecule has 0 aliphatic heterocycles. The minimum absolute atomic E-state index is 0.331. The molecule has 16 heteroatoms. The minimum Gasteiger partial charge on any atom is -0.369 e. The number of aryl methyl sites for hydroxylation is 1. The molecule has 248 valence electrons. The number of anilines is 2. The van der Waals surface area contributed by atoms with Gasteiger partial charge in [-0.2, -0.15) is 4.98 Å². The molecule has 0 unspecified atom stereocenters. The van der Waals surface area contributed by atoms with Crippen molar-refractivity contribution in [1.29, 1.82) is 0 Å². The first-order chi connectivity index (χ1) is 21.8. The number of nitrogens with one attached hydrogen (secondary N) is 5. The van der Waals surface area contributed by atoms with E-state index in [9.17, 15) is 9.36 Å². The van der Waals surface area contributed by atoms with Crippen molar-refractivity contribution in [3.05, 3.63) is 36.2 Å². The maximum absolute atomic E-state index is 12.0. The Kier molecular flexibility index (Phi) is 13.9. The molecule has 1 aliphatic carbocycles. The van der Waals surface area contributed by atoms with Crippen LogP contribution in [-0.2, 0) is 22.4 Å². The van der Waals surface area contributed by atoms with Gasteiger partial charge in [0.15, 0.2) is 0 Å². The number of amides is 1. The number of hydrogen-bond acceptors (Lipinski definition) is 11. The summed E-state index contributed by atoms with van der Waals surface area (Å²) in [4.78, 5) is 39.1. The van der Waals surface area contributed by atoms with E-state index in [0.717, 1.165) is 61.7 Å². The SMILES string of the molecule is N[C@@H](CCCNc1nc(NCc2cn(CCCNCCCNC3CCCCC3)nn2)nc2ccccc12)C(=O)NCP(=O)(O)O. The van der Waals surface area contributed by atoms with Crippen LogP contribution in [0.4, 0.5) is 11.8 Å². The van der Waals surface area contributed by atoms with E-state index < -0.39 is 25.8 Å². The highest BCUT2D eigenvalue weighted by molar-refractivity contribution is 7.51. The first kappa shape index (κ1) is 34.7. The van der Waals surface area contributed by atoms with Crippen LogP contribution in [0.2, 0.25) is 0 Å². The molecule has 1 saturated carbocycles. The van der Waals surface area contributed by atoms with Crippen molar-refractivity contribution in [2.24, 2.45) is 5.73 Å². The zero-order chi connectivity index (χ0) is 31.9. The number of carbonyl (C=O) groups is 1. The van der Waals surface area contributed by atoms with Gasteiger partial charge < -0.3 is 42.1 Å². The molecule has 0 spiro atoms. The van der Waals surface area contributed by atoms with E-state index in [1.54, 1.807) is 0 Å². The van der Waals surface area contributed by atoms with Gasteiger partial charge in [0.25, 0.3) is 0 Å². The lowest BCUT2D eigenvalue weighted by Crippen LogP contribution is -2.41. The molecule has 0 saturated heterocycles. The summed E-state index contributed by atoms with van der Waals surface area (Å²) >= 11 is 0. The first-order valence-corrected chi connectivity index (χ1v) is 17.7. The van der Waals surface area contributed by atoms with Gasteiger partial charge in [0.2, 0.25) is 11.9 Å². The second-order valence-corrected chi connectivity index (χ2v) is 13.2. The molecular weight excluding hydrogens is 597 g/mol. The Morgan fingerprint density at radius 2 is 1.82 bits per heavy atom. The van der Waals surface area contributed by atoms with Crippen molar-refractivity contribution in [2.45, 2.75) is 83.0 Å². The molecule has 1 fully saturated rings. The Hall–Kier alpha value is -3.20. The van der Waals surface area contributed by atoms with Crippen molar-refractivity contribution >= 4 is 36.2 Å². The number of aromatic nitrogens is 5. The summed E-state index contributed by atoms with van der Waals surface area (Å²) in [7, 11) is -4.33. The Labute approximate surface area is 264 Å². The Bertz CT molecular complexity index is 1380. The topological polar surface area (TPSA) is 217 Å². The fourth-order valence-corrected chi connectivity index (χ4v) is 5.64. The molecule has 45 heavy (non-hydrogen) atoms. The van der Waals surface area contributed by atoms with Gasteiger partial charge in [0.1, 0.15) is 17.8 Å². The first-order valence-electron chi connectivity index (χ1n) is 15.9. The molecule has 3 aromatic rings. The van der Waals surface area contributed by atoms with Crippen molar-refractivity contribution in [1.82, 2.24) is 40.9 Å². The van der Waals surface area contributed by atoms with Crippen LogP contribution in [-0.4, -0.2) is 85.2 Å². The molecule has 2 aromatic heterocycles. The van der Waals surface area contributed by atoms with E-state index in [4.69, 9.17) is 15.5 Å². The van der Waals surface area contributed by atoms with E-state index in [1.807, 2.05) is 35.1 Å². The van der Waals surface area contributed by atoms with Crippen molar-refractivity contribution < 1.29 is 19.1 Å².